The fourth-order valence-electron chi connectivity index (χ4n) is 4.24. The van der Waals surface area contributed by atoms with Crippen molar-refractivity contribution >= 4 is 23.7 Å². The fraction of sp³-hybridized carbons (Fsp3) is 0.152. The van der Waals surface area contributed by atoms with Crippen molar-refractivity contribution in [2.45, 2.75) is 20.8 Å². The van der Waals surface area contributed by atoms with Gasteiger partial charge < -0.3 is 14.2 Å². The molecule has 0 aromatic heterocycles. The van der Waals surface area contributed by atoms with Crippen LogP contribution in [0.3, 0.4) is 0 Å². The zero-order valence-corrected chi connectivity index (χ0v) is 22.4. The number of ketones is 1. The Morgan fingerprint density at radius 3 is 1.70 bits per heavy atom. The third kappa shape index (κ3) is 5.99. The van der Waals surface area contributed by atoms with Crippen molar-refractivity contribution in [3.8, 4) is 16.9 Å². The Kier molecular flexibility index (Phi) is 8.86. The SMILES string of the molecule is CCOC(=O)c1ccccc1-c1ccccc1C(=O)Oc1cccc(C(=O)c2ccc(C)cc2)c1C(=O)OCC. The molecule has 0 aliphatic rings. The Morgan fingerprint density at radius 1 is 0.575 bits per heavy atom. The van der Waals surface area contributed by atoms with Gasteiger partial charge in [-0.05, 0) is 56.2 Å². The number of benzene rings is 4. The second-order valence-electron chi connectivity index (χ2n) is 8.80. The first-order valence-corrected chi connectivity index (χ1v) is 12.8. The summed E-state index contributed by atoms with van der Waals surface area (Å²) in [5, 5.41) is 0. The van der Waals surface area contributed by atoms with E-state index in [2.05, 4.69) is 0 Å². The summed E-state index contributed by atoms with van der Waals surface area (Å²) < 4.78 is 16.2. The van der Waals surface area contributed by atoms with Gasteiger partial charge in [-0.15, -0.1) is 0 Å². The highest BCUT2D eigenvalue weighted by Gasteiger charge is 2.27. The van der Waals surface area contributed by atoms with Gasteiger partial charge in [0.05, 0.1) is 24.3 Å². The van der Waals surface area contributed by atoms with Crippen LogP contribution in [-0.2, 0) is 9.47 Å². The molecular weight excluding hydrogens is 508 g/mol. The van der Waals surface area contributed by atoms with Crippen molar-refractivity contribution in [1.29, 1.82) is 0 Å². The molecular formula is C33H28O7. The Bertz CT molecular complexity index is 1570. The number of carbonyl (C=O) groups excluding carboxylic acids is 4. The molecule has 7 heteroatoms. The van der Waals surface area contributed by atoms with Crippen LogP contribution in [0.15, 0.2) is 91.0 Å². The van der Waals surface area contributed by atoms with Gasteiger partial charge in [0.1, 0.15) is 11.3 Å². The second kappa shape index (κ2) is 12.7. The minimum absolute atomic E-state index is 0.0496. The summed E-state index contributed by atoms with van der Waals surface area (Å²) in [7, 11) is 0. The molecule has 0 unspecified atom stereocenters. The average Bonchev–Trinajstić information content (AvgIpc) is 2.97. The predicted molar refractivity (Wildman–Crippen MR) is 150 cm³/mol. The molecule has 4 aromatic carbocycles. The third-order valence-electron chi connectivity index (χ3n) is 6.13. The lowest BCUT2D eigenvalue weighted by atomic mass is 9.95. The third-order valence-corrected chi connectivity index (χ3v) is 6.13. The number of hydrogen-bond acceptors (Lipinski definition) is 7. The first-order chi connectivity index (χ1) is 19.3. The van der Waals surface area contributed by atoms with Crippen molar-refractivity contribution in [2.75, 3.05) is 13.2 Å². The molecule has 0 amide bonds. The Labute approximate surface area is 232 Å². The lowest BCUT2D eigenvalue weighted by molar-refractivity contribution is 0.0510. The highest BCUT2D eigenvalue weighted by molar-refractivity contribution is 6.16. The predicted octanol–water partition coefficient (Wildman–Crippen LogP) is 6.47. The molecule has 0 radical (unpaired) electrons. The monoisotopic (exact) mass is 536 g/mol. The van der Waals surface area contributed by atoms with Crippen LogP contribution in [0.25, 0.3) is 11.1 Å². The summed E-state index contributed by atoms with van der Waals surface area (Å²) >= 11 is 0. The number of rotatable bonds is 9. The van der Waals surface area contributed by atoms with E-state index in [1.165, 1.54) is 18.2 Å². The van der Waals surface area contributed by atoms with Crippen molar-refractivity contribution in [1.82, 2.24) is 0 Å². The zero-order chi connectivity index (χ0) is 28.6. The Morgan fingerprint density at radius 2 is 1.10 bits per heavy atom. The molecule has 0 saturated heterocycles. The number of aryl methyl sites for hydroxylation is 1. The van der Waals surface area contributed by atoms with E-state index in [1.54, 1.807) is 86.6 Å². The minimum atomic E-state index is -0.790. The fourth-order valence-corrected chi connectivity index (χ4v) is 4.24. The lowest BCUT2D eigenvalue weighted by Gasteiger charge is -2.15. The van der Waals surface area contributed by atoms with E-state index in [9.17, 15) is 19.2 Å². The maximum absolute atomic E-state index is 13.6. The molecule has 7 nitrogen and oxygen atoms in total. The van der Waals surface area contributed by atoms with E-state index in [-0.39, 0.29) is 35.7 Å². The Balaban J connectivity index is 1.77. The summed E-state index contributed by atoms with van der Waals surface area (Å²) in [6.07, 6.45) is 0. The minimum Gasteiger partial charge on any atom is -0.462 e. The van der Waals surface area contributed by atoms with Crippen LogP contribution >= 0.6 is 0 Å². The smallest absolute Gasteiger partial charge is 0.344 e. The highest BCUT2D eigenvalue weighted by Crippen LogP contribution is 2.31. The first kappa shape index (κ1) is 28.0. The number of carbonyl (C=O) groups is 4. The van der Waals surface area contributed by atoms with E-state index < -0.39 is 23.7 Å². The summed E-state index contributed by atoms with van der Waals surface area (Å²) in [4.78, 5) is 52.6. The topological polar surface area (TPSA) is 96.0 Å². The van der Waals surface area contributed by atoms with Crippen LogP contribution in [-0.4, -0.2) is 36.9 Å². The maximum atomic E-state index is 13.6. The van der Waals surface area contributed by atoms with Gasteiger partial charge in [0, 0.05) is 11.1 Å². The summed E-state index contributed by atoms with van der Waals surface area (Å²) in [6.45, 7) is 5.52. The average molecular weight is 537 g/mol. The standard InChI is InChI=1S/C33H28O7/c1-4-38-31(35)25-13-8-6-11-23(25)24-12-7-9-14-26(24)32(36)40-28-16-10-15-27(29(28)33(37)39-5-2)30(34)22-19-17-21(3)18-20-22/h6-20H,4-5H2,1-3H3. The van der Waals surface area contributed by atoms with Crippen molar-refractivity contribution in [3.63, 3.8) is 0 Å². The van der Waals surface area contributed by atoms with Crippen LogP contribution in [0.2, 0.25) is 0 Å². The first-order valence-electron chi connectivity index (χ1n) is 12.8. The van der Waals surface area contributed by atoms with Crippen molar-refractivity contribution in [3.05, 3.63) is 124 Å². The Hall–Kier alpha value is -5.04. The molecule has 0 aliphatic carbocycles. The van der Waals surface area contributed by atoms with Gasteiger partial charge in [-0.1, -0.05) is 72.3 Å². The van der Waals surface area contributed by atoms with Gasteiger partial charge in [-0.3, -0.25) is 4.79 Å². The normalized spacial score (nSPS) is 10.5. The van der Waals surface area contributed by atoms with Gasteiger partial charge in [0.2, 0.25) is 0 Å². The van der Waals surface area contributed by atoms with Gasteiger partial charge >= 0.3 is 17.9 Å². The molecule has 0 N–H and O–H groups in total. The summed E-state index contributed by atoms with van der Waals surface area (Å²) in [5.41, 5.74) is 2.64. The highest BCUT2D eigenvalue weighted by atomic mass is 16.5. The number of ether oxygens (including phenoxy) is 3. The van der Waals surface area contributed by atoms with Crippen LogP contribution in [0.4, 0.5) is 0 Å². The molecule has 0 fully saturated rings. The van der Waals surface area contributed by atoms with E-state index >= 15 is 0 Å². The van der Waals surface area contributed by atoms with E-state index in [1.807, 2.05) is 6.92 Å². The molecule has 0 bridgehead atoms. The van der Waals surface area contributed by atoms with Crippen LogP contribution in [0, 0.1) is 6.92 Å². The lowest BCUT2D eigenvalue weighted by Crippen LogP contribution is -2.18. The van der Waals surface area contributed by atoms with E-state index in [0.717, 1.165) is 5.56 Å². The maximum Gasteiger partial charge on any atom is 0.344 e. The molecule has 40 heavy (non-hydrogen) atoms. The van der Waals surface area contributed by atoms with Gasteiger partial charge in [-0.2, -0.15) is 0 Å². The molecule has 0 spiro atoms. The molecule has 0 heterocycles. The molecule has 0 atom stereocenters. The van der Waals surface area contributed by atoms with Gasteiger partial charge in [0.15, 0.2) is 5.78 Å². The molecule has 0 saturated carbocycles. The van der Waals surface area contributed by atoms with Crippen LogP contribution < -0.4 is 4.74 Å². The van der Waals surface area contributed by atoms with Gasteiger partial charge in [0.25, 0.3) is 0 Å². The molecule has 4 aromatic rings. The zero-order valence-electron chi connectivity index (χ0n) is 22.4. The number of esters is 3. The molecule has 4 rings (SSSR count). The van der Waals surface area contributed by atoms with Crippen molar-refractivity contribution < 1.29 is 33.4 Å². The van der Waals surface area contributed by atoms with Crippen LogP contribution in [0.5, 0.6) is 5.75 Å². The summed E-state index contributed by atoms with van der Waals surface area (Å²) in [6, 6.07) is 24.8. The van der Waals surface area contributed by atoms with Gasteiger partial charge in [-0.25, -0.2) is 14.4 Å². The van der Waals surface area contributed by atoms with E-state index in [0.29, 0.717) is 22.3 Å². The molecule has 202 valence electrons. The summed E-state index contributed by atoms with van der Waals surface area (Å²) in [5.74, 6) is -2.62. The van der Waals surface area contributed by atoms with Crippen LogP contribution in [0.1, 0.15) is 66.4 Å². The van der Waals surface area contributed by atoms with Crippen molar-refractivity contribution in [2.24, 2.45) is 0 Å². The second-order valence-corrected chi connectivity index (χ2v) is 8.80. The molecule has 0 aliphatic heterocycles. The quantitative estimate of drug-likeness (QED) is 0.137. The van der Waals surface area contributed by atoms with E-state index in [4.69, 9.17) is 14.2 Å². The largest absolute Gasteiger partial charge is 0.462 e. The number of hydrogen-bond donors (Lipinski definition) is 0.